The second-order valence-electron chi connectivity index (χ2n) is 4.90. The van der Waals surface area contributed by atoms with E-state index >= 15 is 0 Å². The molecule has 1 aromatic carbocycles. The maximum absolute atomic E-state index is 12.7. The molecule has 0 radical (unpaired) electrons. The first-order valence-corrected chi connectivity index (χ1v) is 7.82. The highest BCUT2D eigenvalue weighted by atomic mass is 35.5. The van der Waals surface area contributed by atoms with Crippen LogP contribution in [0.3, 0.4) is 0 Å². The molecule has 1 aliphatic rings. The molecule has 0 bridgehead atoms. The minimum absolute atomic E-state index is 0.0269. The SMILES string of the molecule is Nc1ccc(Cl)cc1C(=O)N1CCCC1c1cccs1. The van der Waals surface area contributed by atoms with Gasteiger partial charge in [-0.3, -0.25) is 4.79 Å². The number of rotatable bonds is 2. The third-order valence-electron chi connectivity index (χ3n) is 3.63. The third kappa shape index (κ3) is 2.41. The second-order valence-corrected chi connectivity index (χ2v) is 6.32. The van der Waals surface area contributed by atoms with Gasteiger partial charge in [-0.25, -0.2) is 0 Å². The van der Waals surface area contributed by atoms with Gasteiger partial charge in [0.25, 0.3) is 5.91 Å². The van der Waals surface area contributed by atoms with Crippen LogP contribution in [0.25, 0.3) is 0 Å². The fraction of sp³-hybridized carbons (Fsp3) is 0.267. The molecule has 1 atom stereocenters. The van der Waals surface area contributed by atoms with Gasteiger partial charge in [0, 0.05) is 22.1 Å². The number of hydrogen-bond donors (Lipinski definition) is 1. The van der Waals surface area contributed by atoms with Crippen LogP contribution in [0, 0.1) is 0 Å². The summed E-state index contributed by atoms with van der Waals surface area (Å²) in [4.78, 5) is 15.9. The molecule has 3 nitrogen and oxygen atoms in total. The van der Waals surface area contributed by atoms with Crippen LogP contribution in [0.1, 0.15) is 34.1 Å². The van der Waals surface area contributed by atoms with Crippen molar-refractivity contribution in [1.29, 1.82) is 0 Å². The van der Waals surface area contributed by atoms with Crippen molar-refractivity contribution in [2.45, 2.75) is 18.9 Å². The average molecular weight is 307 g/mol. The Balaban J connectivity index is 1.91. The predicted octanol–water partition coefficient (Wildman–Crippen LogP) is 3.96. The molecule has 0 saturated carbocycles. The molecule has 2 heterocycles. The largest absolute Gasteiger partial charge is 0.398 e. The van der Waals surface area contributed by atoms with Crippen molar-refractivity contribution in [3.63, 3.8) is 0 Å². The van der Waals surface area contributed by atoms with Crippen LogP contribution >= 0.6 is 22.9 Å². The van der Waals surface area contributed by atoms with Crippen molar-refractivity contribution < 1.29 is 4.79 Å². The average Bonchev–Trinajstić information content (AvgIpc) is 3.10. The van der Waals surface area contributed by atoms with Crippen molar-refractivity contribution in [1.82, 2.24) is 4.90 Å². The Morgan fingerprint density at radius 3 is 3.00 bits per heavy atom. The quantitative estimate of drug-likeness (QED) is 0.854. The first kappa shape index (κ1) is 13.5. The van der Waals surface area contributed by atoms with Crippen LogP contribution in [0.15, 0.2) is 35.7 Å². The monoisotopic (exact) mass is 306 g/mol. The predicted molar refractivity (Wildman–Crippen MR) is 83.2 cm³/mol. The Hall–Kier alpha value is -1.52. The first-order chi connectivity index (χ1) is 9.66. The Kier molecular flexibility index (Phi) is 3.68. The van der Waals surface area contributed by atoms with Crippen LogP contribution in [0.2, 0.25) is 5.02 Å². The van der Waals surface area contributed by atoms with Crippen molar-refractivity contribution in [2.24, 2.45) is 0 Å². The number of carbonyl (C=O) groups excluding carboxylic acids is 1. The molecule has 5 heteroatoms. The number of anilines is 1. The van der Waals surface area contributed by atoms with E-state index in [-0.39, 0.29) is 11.9 Å². The summed E-state index contributed by atoms with van der Waals surface area (Å²) in [6, 6.07) is 9.32. The molecular weight excluding hydrogens is 292 g/mol. The number of thiophene rings is 1. The van der Waals surface area contributed by atoms with E-state index < -0.39 is 0 Å². The van der Waals surface area contributed by atoms with E-state index in [0.717, 1.165) is 19.4 Å². The van der Waals surface area contributed by atoms with Gasteiger partial charge in [0.2, 0.25) is 0 Å². The van der Waals surface area contributed by atoms with Gasteiger partial charge in [-0.1, -0.05) is 17.7 Å². The summed E-state index contributed by atoms with van der Waals surface area (Å²) in [5, 5.41) is 2.58. The van der Waals surface area contributed by atoms with Gasteiger partial charge >= 0.3 is 0 Å². The molecule has 0 aliphatic carbocycles. The zero-order valence-electron chi connectivity index (χ0n) is 10.9. The number of nitrogens with zero attached hydrogens (tertiary/aromatic N) is 1. The lowest BCUT2D eigenvalue weighted by molar-refractivity contribution is 0.0739. The number of hydrogen-bond acceptors (Lipinski definition) is 3. The summed E-state index contributed by atoms with van der Waals surface area (Å²) in [6.45, 7) is 0.771. The minimum Gasteiger partial charge on any atom is -0.398 e. The smallest absolute Gasteiger partial charge is 0.256 e. The van der Waals surface area contributed by atoms with E-state index in [2.05, 4.69) is 6.07 Å². The van der Waals surface area contributed by atoms with Gasteiger partial charge in [-0.2, -0.15) is 0 Å². The maximum atomic E-state index is 12.7. The number of carbonyl (C=O) groups is 1. The molecule has 104 valence electrons. The van der Waals surface area contributed by atoms with E-state index in [0.29, 0.717) is 16.3 Å². The maximum Gasteiger partial charge on any atom is 0.256 e. The molecule has 1 amide bonds. The van der Waals surface area contributed by atoms with Crippen LogP contribution in [-0.2, 0) is 0 Å². The second kappa shape index (κ2) is 5.46. The van der Waals surface area contributed by atoms with Gasteiger partial charge < -0.3 is 10.6 Å². The van der Waals surface area contributed by atoms with Gasteiger partial charge in [0.15, 0.2) is 0 Å². The van der Waals surface area contributed by atoms with Gasteiger partial charge in [-0.05, 0) is 42.5 Å². The van der Waals surface area contributed by atoms with Gasteiger partial charge in [0.1, 0.15) is 0 Å². The van der Waals surface area contributed by atoms with E-state index in [4.69, 9.17) is 17.3 Å². The Bertz CT molecular complexity index is 627. The molecule has 1 saturated heterocycles. The Labute approximate surface area is 127 Å². The zero-order chi connectivity index (χ0) is 14.1. The number of benzene rings is 1. The molecule has 20 heavy (non-hydrogen) atoms. The molecule has 1 unspecified atom stereocenters. The lowest BCUT2D eigenvalue weighted by atomic mass is 10.1. The van der Waals surface area contributed by atoms with Crippen molar-refractivity contribution in [3.05, 3.63) is 51.2 Å². The number of nitrogens with two attached hydrogens (primary N) is 1. The number of amides is 1. The van der Waals surface area contributed by atoms with Crippen LogP contribution in [-0.4, -0.2) is 17.4 Å². The third-order valence-corrected chi connectivity index (χ3v) is 4.84. The summed E-state index contributed by atoms with van der Waals surface area (Å²) >= 11 is 7.67. The highest BCUT2D eigenvalue weighted by Crippen LogP contribution is 2.36. The first-order valence-electron chi connectivity index (χ1n) is 6.56. The molecule has 0 spiro atoms. The Morgan fingerprint density at radius 1 is 1.40 bits per heavy atom. The summed E-state index contributed by atoms with van der Waals surface area (Å²) in [5.74, 6) is -0.0269. The van der Waals surface area contributed by atoms with Crippen molar-refractivity contribution >= 4 is 34.5 Å². The molecule has 3 rings (SSSR count). The number of nitrogen functional groups attached to an aromatic ring is 1. The highest BCUT2D eigenvalue weighted by Gasteiger charge is 2.31. The van der Waals surface area contributed by atoms with E-state index in [1.165, 1.54) is 4.88 Å². The molecular formula is C15H15ClN2OS. The lowest BCUT2D eigenvalue weighted by Gasteiger charge is -2.24. The molecule has 2 N–H and O–H groups in total. The minimum atomic E-state index is -0.0269. The molecule has 2 aromatic rings. The summed E-state index contributed by atoms with van der Waals surface area (Å²) in [5.41, 5.74) is 6.90. The number of likely N-dealkylation sites (tertiary alicyclic amines) is 1. The van der Waals surface area contributed by atoms with Crippen LogP contribution in [0.4, 0.5) is 5.69 Å². The fourth-order valence-corrected chi connectivity index (χ4v) is 3.70. The van der Waals surface area contributed by atoms with Crippen molar-refractivity contribution in [3.8, 4) is 0 Å². The van der Waals surface area contributed by atoms with E-state index in [1.807, 2.05) is 16.3 Å². The molecule has 1 fully saturated rings. The fourth-order valence-electron chi connectivity index (χ4n) is 2.65. The van der Waals surface area contributed by atoms with Crippen molar-refractivity contribution in [2.75, 3.05) is 12.3 Å². The molecule has 1 aromatic heterocycles. The standard InChI is InChI=1S/C15H15ClN2OS/c16-10-5-6-12(17)11(9-10)15(19)18-7-1-3-13(18)14-4-2-8-20-14/h2,4-6,8-9,13H,1,3,7,17H2. The Morgan fingerprint density at radius 2 is 2.25 bits per heavy atom. The van der Waals surface area contributed by atoms with Crippen LogP contribution < -0.4 is 5.73 Å². The topological polar surface area (TPSA) is 46.3 Å². The van der Waals surface area contributed by atoms with E-state index in [9.17, 15) is 4.79 Å². The summed E-state index contributed by atoms with van der Waals surface area (Å²) in [6.07, 6.45) is 2.03. The normalized spacial score (nSPS) is 18.4. The molecule has 1 aliphatic heterocycles. The highest BCUT2D eigenvalue weighted by molar-refractivity contribution is 7.10. The summed E-state index contributed by atoms with van der Waals surface area (Å²) < 4.78 is 0. The number of halogens is 1. The lowest BCUT2D eigenvalue weighted by Crippen LogP contribution is -2.30. The zero-order valence-corrected chi connectivity index (χ0v) is 12.5. The summed E-state index contributed by atoms with van der Waals surface area (Å²) in [7, 11) is 0. The van der Waals surface area contributed by atoms with E-state index in [1.54, 1.807) is 29.5 Å². The van der Waals surface area contributed by atoms with Gasteiger partial charge in [-0.15, -0.1) is 11.3 Å². The van der Waals surface area contributed by atoms with Crippen LogP contribution in [0.5, 0.6) is 0 Å². The van der Waals surface area contributed by atoms with Gasteiger partial charge in [0.05, 0.1) is 11.6 Å².